The molecule has 0 aliphatic rings. The number of unbranched alkanes of at least 4 members (excludes halogenated alkanes) is 2. The molecule has 0 saturated carbocycles. The van der Waals surface area contributed by atoms with Crippen LogP contribution in [0.15, 0.2) is 48.5 Å². The van der Waals surface area contributed by atoms with Crippen LogP contribution in [0.2, 0.25) is 0 Å². The van der Waals surface area contributed by atoms with E-state index in [1.165, 1.54) is 25.3 Å². The second kappa shape index (κ2) is 14.1. The van der Waals surface area contributed by atoms with E-state index in [0.717, 1.165) is 50.0 Å². The zero-order chi connectivity index (χ0) is 22.3. The van der Waals surface area contributed by atoms with Crippen molar-refractivity contribution < 1.29 is 28.4 Å². The lowest BCUT2D eigenvalue weighted by molar-refractivity contribution is -0.141. The molecular weight excluding hydrogens is 395 g/mol. The molecule has 0 bridgehead atoms. The molecule has 0 aromatic heterocycles. The molecule has 0 spiro atoms. The molecule has 0 atom stereocenters. The SMILES string of the molecule is COC(=O)CCCCc1ccc(OBOc2ccc(CCCCC(=O)OC)cc2)cc1. The standard InChI is InChI=1S/C24H31BO6/c1-28-23(26)9-5-3-7-19-11-15-21(16-12-19)30-25-31-22-17-13-20(14-18-22)8-4-6-10-24(27)29-2/h11-18,25H,3-10H2,1-2H3. The third kappa shape index (κ3) is 10.1. The van der Waals surface area contributed by atoms with Crippen LogP contribution >= 0.6 is 0 Å². The van der Waals surface area contributed by atoms with Crippen LogP contribution in [0, 0.1) is 0 Å². The highest BCUT2D eigenvalue weighted by atomic mass is 16.6. The third-order valence-corrected chi connectivity index (χ3v) is 4.95. The topological polar surface area (TPSA) is 71.1 Å². The Bertz CT molecular complexity index is 721. The lowest BCUT2D eigenvalue weighted by Crippen LogP contribution is -2.10. The molecule has 166 valence electrons. The van der Waals surface area contributed by atoms with Crippen molar-refractivity contribution in [3.05, 3.63) is 59.7 Å². The van der Waals surface area contributed by atoms with Crippen molar-refractivity contribution in [2.75, 3.05) is 14.2 Å². The molecule has 6 nitrogen and oxygen atoms in total. The fourth-order valence-electron chi connectivity index (χ4n) is 3.07. The Kier molecular flexibility index (Phi) is 11.1. The minimum Gasteiger partial charge on any atom is -0.529 e. The molecule has 2 rings (SSSR count). The largest absolute Gasteiger partial charge is 0.576 e. The van der Waals surface area contributed by atoms with Crippen molar-refractivity contribution in [3.63, 3.8) is 0 Å². The van der Waals surface area contributed by atoms with Gasteiger partial charge in [0.1, 0.15) is 11.5 Å². The summed E-state index contributed by atoms with van der Waals surface area (Å²) < 4.78 is 20.6. The zero-order valence-electron chi connectivity index (χ0n) is 18.4. The van der Waals surface area contributed by atoms with Crippen molar-refractivity contribution >= 4 is 19.6 Å². The molecule has 31 heavy (non-hydrogen) atoms. The van der Waals surface area contributed by atoms with Crippen LogP contribution in [0.3, 0.4) is 0 Å². The van der Waals surface area contributed by atoms with Gasteiger partial charge in [0, 0.05) is 12.8 Å². The molecule has 0 N–H and O–H groups in total. The van der Waals surface area contributed by atoms with E-state index in [1.54, 1.807) is 0 Å². The van der Waals surface area contributed by atoms with Gasteiger partial charge in [-0.1, -0.05) is 24.3 Å². The number of hydrogen-bond donors (Lipinski definition) is 0. The molecule has 7 heteroatoms. The van der Waals surface area contributed by atoms with Crippen molar-refractivity contribution in [1.82, 2.24) is 0 Å². The number of methoxy groups -OCH3 is 2. The maximum absolute atomic E-state index is 11.1. The Hall–Kier alpha value is -2.96. The first kappa shape index (κ1) is 24.3. The number of benzene rings is 2. The number of ether oxygens (including phenoxy) is 2. The van der Waals surface area contributed by atoms with Crippen molar-refractivity contribution in [1.29, 1.82) is 0 Å². The van der Waals surface area contributed by atoms with Crippen LogP contribution < -0.4 is 9.31 Å². The highest BCUT2D eigenvalue weighted by Crippen LogP contribution is 2.17. The van der Waals surface area contributed by atoms with Crippen LogP contribution in [0.1, 0.15) is 49.7 Å². The van der Waals surface area contributed by atoms with Gasteiger partial charge in [-0.2, -0.15) is 0 Å². The number of esters is 2. The lowest BCUT2D eigenvalue weighted by Gasteiger charge is -2.09. The van der Waals surface area contributed by atoms with Crippen LogP contribution in [0.25, 0.3) is 0 Å². The molecule has 0 fully saturated rings. The highest BCUT2D eigenvalue weighted by molar-refractivity contribution is 6.20. The van der Waals surface area contributed by atoms with E-state index in [2.05, 4.69) is 9.47 Å². The predicted octanol–water partition coefficient (Wildman–Crippen LogP) is 4.18. The van der Waals surface area contributed by atoms with Gasteiger partial charge in [-0.25, -0.2) is 0 Å². The molecule has 0 unspecified atom stereocenters. The number of rotatable bonds is 14. The summed E-state index contributed by atoms with van der Waals surface area (Å²) in [5.74, 6) is 1.18. The van der Waals surface area contributed by atoms with Gasteiger partial charge in [0.2, 0.25) is 0 Å². The molecule has 0 aliphatic carbocycles. The van der Waals surface area contributed by atoms with Crippen molar-refractivity contribution in [2.24, 2.45) is 0 Å². The van der Waals surface area contributed by atoms with Gasteiger partial charge in [0.25, 0.3) is 0 Å². The third-order valence-electron chi connectivity index (χ3n) is 4.95. The highest BCUT2D eigenvalue weighted by Gasteiger charge is 2.04. The van der Waals surface area contributed by atoms with Gasteiger partial charge in [0.05, 0.1) is 14.2 Å². The van der Waals surface area contributed by atoms with E-state index in [9.17, 15) is 9.59 Å². The molecule has 0 heterocycles. The van der Waals surface area contributed by atoms with E-state index >= 15 is 0 Å². The summed E-state index contributed by atoms with van der Waals surface area (Å²) in [6.07, 6.45) is 6.30. The zero-order valence-corrected chi connectivity index (χ0v) is 18.4. The normalized spacial score (nSPS) is 10.3. The first-order valence-corrected chi connectivity index (χ1v) is 10.7. The quantitative estimate of drug-likeness (QED) is 0.256. The minimum absolute atomic E-state index is 0.136. The fourth-order valence-corrected chi connectivity index (χ4v) is 3.07. The predicted molar refractivity (Wildman–Crippen MR) is 120 cm³/mol. The number of aryl methyl sites for hydroxylation is 2. The van der Waals surface area contributed by atoms with E-state index in [-0.39, 0.29) is 19.6 Å². The molecule has 0 saturated heterocycles. The van der Waals surface area contributed by atoms with Gasteiger partial charge in [0.15, 0.2) is 0 Å². The summed E-state index contributed by atoms with van der Waals surface area (Å²) in [5, 5.41) is 0. The van der Waals surface area contributed by atoms with Crippen LogP contribution in [-0.4, -0.2) is 33.8 Å². The minimum atomic E-state index is -0.158. The molecule has 0 amide bonds. The first-order chi connectivity index (χ1) is 15.1. The monoisotopic (exact) mass is 426 g/mol. The van der Waals surface area contributed by atoms with Crippen molar-refractivity contribution in [3.8, 4) is 11.5 Å². The molecule has 0 aliphatic heterocycles. The van der Waals surface area contributed by atoms with Gasteiger partial charge >= 0.3 is 19.6 Å². The lowest BCUT2D eigenvalue weighted by atomic mass is 10.1. The van der Waals surface area contributed by atoms with Gasteiger partial charge in [-0.15, -0.1) is 0 Å². The molecule has 2 aromatic rings. The van der Waals surface area contributed by atoms with E-state index < -0.39 is 0 Å². The summed E-state index contributed by atoms with van der Waals surface area (Å²) >= 11 is 0. The summed E-state index contributed by atoms with van der Waals surface area (Å²) in [5.41, 5.74) is 2.42. The average Bonchev–Trinajstić information content (AvgIpc) is 2.81. The Balaban J connectivity index is 1.62. The van der Waals surface area contributed by atoms with Crippen LogP contribution in [-0.2, 0) is 31.9 Å². The molecule has 2 aromatic carbocycles. The summed E-state index contributed by atoms with van der Waals surface area (Å²) in [4.78, 5) is 22.2. The van der Waals surface area contributed by atoms with E-state index in [0.29, 0.717) is 12.8 Å². The van der Waals surface area contributed by atoms with Crippen LogP contribution in [0.4, 0.5) is 0 Å². The summed E-state index contributed by atoms with van der Waals surface area (Å²) in [6.45, 7) is 0. The Morgan fingerprint density at radius 2 is 1.03 bits per heavy atom. The molecular formula is C24H31BO6. The van der Waals surface area contributed by atoms with Crippen LogP contribution in [0.5, 0.6) is 11.5 Å². The van der Waals surface area contributed by atoms with Gasteiger partial charge in [-0.3, -0.25) is 9.59 Å². The van der Waals surface area contributed by atoms with E-state index in [4.69, 9.17) is 9.31 Å². The first-order valence-electron chi connectivity index (χ1n) is 10.7. The average molecular weight is 426 g/mol. The second-order valence-corrected chi connectivity index (χ2v) is 7.26. The fraction of sp³-hybridized carbons (Fsp3) is 0.417. The summed E-state index contributed by atoms with van der Waals surface area (Å²) in [7, 11) is 2.96. The summed E-state index contributed by atoms with van der Waals surface area (Å²) in [6, 6.07) is 15.8. The second-order valence-electron chi connectivity index (χ2n) is 7.26. The Labute approximate surface area is 185 Å². The maximum Gasteiger partial charge on any atom is 0.576 e. The van der Waals surface area contributed by atoms with Gasteiger partial charge < -0.3 is 18.8 Å². The Morgan fingerprint density at radius 1 is 0.645 bits per heavy atom. The van der Waals surface area contributed by atoms with E-state index in [1.807, 2.05) is 48.5 Å². The number of carbonyl (C=O) groups is 2. The molecule has 0 radical (unpaired) electrons. The maximum atomic E-state index is 11.1. The Morgan fingerprint density at radius 3 is 1.39 bits per heavy atom. The van der Waals surface area contributed by atoms with Crippen molar-refractivity contribution in [2.45, 2.75) is 51.4 Å². The van der Waals surface area contributed by atoms with Gasteiger partial charge in [-0.05, 0) is 73.9 Å². The number of carbonyl (C=O) groups excluding carboxylic acids is 2. The number of hydrogen-bond acceptors (Lipinski definition) is 6. The smallest absolute Gasteiger partial charge is 0.529 e.